The van der Waals surface area contributed by atoms with Gasteiger partial charge in [-0.2, -0.15) is 0 Å². The van der Waals surface area contributed by atoms with Gasteiger partial charge in [0.15, 0.2) is 0 Å². The molecule has 0 fully saturated rings. The van der Waals surface area contributed by atoms with Gasteiger partial charge in [0.1, 0.15) is 5.04 Å². The van der Waals surface area contributed by atoms with E-state index in [0.29, 0.717) is 0 Å². The van der Waals surface area contributed by atoms with E-state index in [1.165, 1.54) is 47.1 Å². The normalized spacial score (nSPS) is 25.5. The maximum Gasteiger partial charge on any atom is 0.105 e. The Morgan fingerprint density at radius 2 is 1.36 bits per heavy atom. The summed E-state index contributed by atoms with van der Waals surface area (Å²) in [5.41, 5.74) is 5.19. The van der Waals surface area contributed by atoms with E-state index in [-0.39, 0.29) is 9.49 Å². The molecule has 4 heteroatoms. The van der Waals surface area contributed by atoms with Gasteiger partial charge in [-0.05, 0) is 37.1 Å². The Bertz CT molecular complexity index is 1630. The van der Waals surface area contributed by atoms with Crippen LogP contribution in [0.3, 0.4) is 0 Å². The van der Waals surface area contributed by atoms with Crippen molar-refractivity contribution in [1.29, 1.82) is 0 Å². The molecular weight excluding hydrogens is 459 g/mol. The molecule has 0 N–H and O–H groups in total. The van der Waals surface area contributed by atoms with Crippen molar-refractivity contribution in [2.45, 2.75) is 23.3 Å². The molecule has 3 aliphatic rings. The van der Waals surface area contributed by atoms with Crippen LogP contribution >= 0.6 is 34.9 Å². The van der Waals surface area contributed by atoms with Crippen LogP contribution in [0.25, 0.3) is 26.3 Å². The van der Waals surface area contributed by atoms with Crippen molar-refractivity contribution in [3.05, 3.63) is 112 Å². The Morgan fingerprint density at radius 1 is 0.697 bits per heavy atom. The first kappa shape index (κ1) is 19.9. The van der Waals surface area contributed by atoms with Gasteiger partial charge in [0.05, 0.1) is 19.7 Å². The van der Waals surface area contributed by atoms with Gasteiger partial charge in [0.25, 0.3) is 0 Å². The predicted octanol–water partition coefficient (Wildman–Crippen LogP) is 6.67. The summed E-state index contributed by atoms with van der Waals surface area (Å²) in [5.74, 6) is 0. The van der Waals surface area contributed by atoms with E-state index < -0.39 is 0 Å². The third-order valence-corrected chi connectivity index (χ3v) is 11.6. The van der Waals surface area contributed by atoms with Crippen LogP contribution in [0.4, 0.5) is 0 Å². The predicted molar refractivity (Wildman–Crippen MR) is 147 cm³/mol. The highest BCUT2D eigenvalue weighted by atomic mass is 32.2. The molecule has 0 bridgehead atoms. The standard InChI is InChI=1S/C29H21NS3/c1-28-21(17-23(32-28)18-11-5-3-6-12-18)24-20-15-9-10-16-22(20)31-25(24)26-29(28,2)33-27(30-26)19-13-7-4-8-14-19/h3-17H,1-2H3/t28-,29-/m1/s1. The zero-order valence-corrected chi connectivity index (χ0v) is 20.8. The van der Waals surface area contributed by atoms with Crippen molar-refractivity contribution in [3.63, 3.8) is 0 Å². The minimum atomic E-state index is -0.154. The first-order valence-electron chi connectivity index (χ1n) is 11.1. The lowest BCUT2D eigenvalue weighted by Gasteiger charge is -2.43. The van der Waals surface area contributed by atoms with Gasteiger partial charge in [-0.15, -0.1) is 23.1 Å². The van der Waals surface area contributed by atoms with E-state index in [4.69, 9.17) is 4.99 Å². The van der Waals surface area contributed by atoms with Gasteiger partial charge in [-0.3, -0.25) is 0 Å². The number of thiophene rings is 1. The zero-order chi connectivity index (χ0) is 22.2. The first-order valence-corrected chi connectivity index (χ1v) is 13.6. The smallest absolute Gasteiger partial charge is 0.105 e. The van der Waals surface area contributed by atoms with E-state index in [2.05, 4.69) is 105 Å². The lowest BCUT2D eigenvalue weighted by Crippen LogP contribution is -2.52. The van der Waals surface area contributed by atoms with Crippen molar-refractivity contribution in [2.24, 2.45) is 4.99 Å². The van der Waals surface area contributed by atoms with Crippen LogP contribution in [0.2, 0.25) is 0 Å². The molecule has 0 saturated heterocycles. The summed E-state index contributed by atoms with van der Waals surface area (Å²) in [6.07, 6.45) is 2.46. The van der Waals surface area contributed by atoms with E-state index >= 15 is 0 Å². The van der Waals surface area contributed by atoms with Gasteiger partial charge < -0.3 is 0 Å². The van der Waals surface area contributed by atoms with E-state index in [1.807, 2.05) is 34.9 Å². The molecular formula is C29H21NS3. The molecule has 3 aromatic carbocycles. The molecule has 2 atom stereocenters. The molecule has 0 amide bonds. The number of rotatable bonds is 2. The highest BCUT2D eigenvalue weighted by Crippen LogP contribution is 2.64. The van der Waals surface area contributed by atoms with Gasteiger partial charge in [-0.1, -0.05) is 90.6 Å². The van der Waals surface area contributed by atoms with Crippen LogP contribution in [0, 0.1) is 0 Å². The molecule has 2 aliphatic heterocycles. The van der Waals surface area contributed by atoms with Gasteiger partial charge in [0.2, 0.25) is 0 Å². The number of benzene rings is 3. The molecule has 160 valence electrons. The molecule has 3 heterocycles. The number of thioether (sulfide) groups is 2. The number of fused-ring (bicyclic) bond motifs is 6. The van der Waals surface area contributed by atoms with Crippen LogP contribution in [-0.4, -0.2) is 14.5 Å². The second kappa shape index (κ2) is 6.99. The molecule has 4 aromatic rings. The lowest BCUT2D eigenvalue weighted by atomic mass is 9.80. The SMILES string of the molecule is C[C@@]12SC(c3ccccc3)=NC1=c1sc3ccccc3c1=C1C=C(c3ccccc3)S[C@]12C. The highest BCUT2D eigenvalue weighted by molar-refractivity contribution is 8.18. The summed E-state index contributed by atoms with van der Waals surface area (Å²) < 4.78 is 2.42. The molecule has 33 heavy (non-hydrogen) atoms. The van der Waals surface area contributed by atoms with Crippen molar-refractivity contribution in [2.75, 3.05) is 0 Å². The summed E-state index contributed by atoms with van der Waals surface area (Å²) >= 11 is 5.85. The maximum atomic E-state index is 5.35. The number of hydrogen-bond donors (Lipinski definition) is 0. The largest absolute Gasteiger partial charge is 0.243 e. The second-order valence-corrected chi connectivity index (χ2v) is 12.9. The van der Waals surface area contributed by atoms with Crippen molar-refractivity contribution >= 4 is 66.2 Å². The Labute approximate surface area is 205 Å². The van der Waals surface area contributed by atoms with Gasteiger partial charge >= 0.3 is 0 Å². The average molecular weight is 480 g/mol. The fourth-order valence-electron chi connectivity index (χ4n) is 5.23. The Kier molecular flexibility index (Phi) is 4.21. The fourth-order valence-corrected chi connectivity index (χ4v) is 9.62. The van der Waals surface area contributed by atoms with Crippen LogP contribution in [0.1, 0.15) is 25.0 Å². The van der Waals surface area contributed by atoms with E-state index in [1.54, 1.807) is 0 Å². The summed E-state index contributed by atoms with van der Waals surface area (Å²) in [6.45, 7) is 4.85. The van der Waals surface area contributed by atoms with Crippen LogP contribution in [-0.2, 0) is 0 Å². The van der Waals surface area contributed by atoms with Crippen LogP contribution < -0.4 is 9.75 Å². The molecule has 1 aliphatic carbocycles. The number of hydrogen-bond acceptors (Lipinski definition) is 4. The summed E-state index contributed by atoms with van der Waals surface area (Å²) in [5, 5.41) is 3.88. The van der Waals surface area contributed by atoms with Crippen molar-refractivity contribution in [3.8, 4) is 0 Å². The highest BCUT2D eigenvalue weighted by Gasteiger charge is 2.58. The molecule has 0 radical (unpaired) electrons. The van der Waals surface area contributed by atoms with Crippen LogP contribution in [0.15, 0.2) is 96.0 Å². The zero-order valence-electron chi connectivity index (χ0n) is 18.3. The number of allylic oxidation sites excluding steroid dienone is 1. The average Bonchev–Trinajstić information content (AvgIpc) is 3.52. The van der Waals surface area contributed by atoms with Crippen LogP contribution in [0.5, 0.6) is 0 Å². The fraction of sp³-hybridized carbons (Fsp3) is 0.138. The molecule has 0 saturated carbocycles. The first-order chi connectivity index (χ1) is 16.1. The van der Waals surface area contributed by atoms with Gasteiger partial charge in [-0.25, -0.2) is 4.99 Å². The Hall–Kier alpha value is -2.53. The third-order valence-electron chi connectivity index (χ3n) is 7.14. The maximum absolute atomic E-state index is 5.35. The number of aliphatic imine (C=N–C) groups is 1. The van der Waals surface area contributed by atoms with E-state index in [0.717, 1.165) is 5.04 Å². The molecule has 7 rings (SSSR count). The van der Waals surface area contributed by atoms with Crippen molar-refractivity contribution in [1.82, 2.24) is 0 Å². The molecule has 1 aromatic heterocycles. The Morgan fingerprint density at radius 3 is 2.12 bits per heavy atom. The quantitative estimate of drug-likeness (QED) is 0.318. The minimum absolute atomic E-state index is 0.116. The molecule has 0 unspecified atom stereocenters. The summed E-state index contributed by atoms with van der Waals surface area (Å²) in [4.78, 5) is 6.70. The van der Waals surface area contributed by atoms with Gasteiger partial charge in [0, 0.05) is 25.8 Å². The lowest BCUT2D eigenvalue weighted by molar-refractivity contribution is 0.683. The second-order valence-electron chi connectivity index (χ2n) is 8.99. The van der Waals surface area contributed by atoms with E-state index in [9.17, 15) is 0 Å². The summed E-state index contributed by atoms with van der Waals surface area (Å²) in [6, 6.07) is 30.3. The molecule has 1 nitrogen and oxygen atoms in total. The van der Waals surface area contributed by atoms with Crippen molar-refractivity contribution < 1.29 is 0 Å². The third kappa shape index (κ3) is 2.66. The minimum Gasteiger partial charge on any atom is -0.243 e. The molecule has 0 spiro atoms. The number of nitrogens with zero attached hydrogens (tertiary/aromatic N) is 1. The summed E-state index contributed by atoms with van der Waals surface area (Å²) in [7, 11) is 0. The Balaban J connectivity index is 1.59. The monoisotopic (exact) mass is 479 g/mol. The topological polar surface area (TPSA) is 12.4 Å².